The van der Waals surface area contributed by atoms with Crippen molar-refractivity contribution in [3.05, 3.63) is 48.0 Å². The van der Waals surface area contributed by atoms with Crippen LogP contribution in [-0.2, 0) is 13.1 Å². The Kier molecular flexibility index (Phi) is 3.62. The van der Waals surface area contributed by atoms with Crippen LogP contribution in [0.3, 0.4) is 0 Å². The second-order valence-corrected chi connectivity index (χ2v) is 4.94. The van der Waals surface area contributed by atoms with E-state index >= 15 is 0 Å². The monoisotopic (exact) mass is 281 g/mol. The lowest BCUT2D eigenvalue weighted by atomic mass is 10.2. The highest BCUT2D eigenvalue weighted by atomic mass is 16.5. The molecule has 0 aliphatic rings. The van der Waals surface area contributed by atoms with Gasteiger partial charge in [-0.1, -0.05) is 18.2 Å². The second-order valence-electron chi connectivity index (χ2n) is 4.94. The van der Waals surface area contributed by atoms with Gasteiger partial charge in [0.2, 0.25) is 0 Å². The predicted molar refractivity (Wildman–Crippen MR) is 85.3 cm³/mol. The Hall–Kier alpha value is -2.33. The van der Waals surface area contributed by atoms with E-state index in [9.17, 15) is 0 Å². The molecular formula is C17H19N3O. The fourth-order valence-corrected chi connectivity index (χ4v) is 2.60. The quantitative estimate of drug-likeness (QED) is 0.799. The van der Waals surface area contributed by atoms with Crippen LogP contribution in [0.15, 0.2) is 42.5 Å². The van der Waals surface area contributed by atoms with E-state index in [4.69, 9.17) is 15.5 Å². The maximum atomic E-state index is 5.72. The fraction of sp³-hybridized carbons (Fsp3) is 0.235. The Morgan fingerprint density at radius 2 is 2.05 bits per heavy atom. The van der Waals surface area contributed by atoms with Crippen LogP contribution in [0.5, 0.6) is 5.75 Å². The lowest BCUT2D eigenvalue weighted by Crippen LogP contribution is -1.98. The van der Waals surface area contributed by atoms with Gasteiger partial charge in [-0.05, 0) is 36.8 Å². The summed E-state index contributed by atoms with van der Waals surface area (Å²) in [6.07, 6.45) is 0. The Balaban J connectivity index is 2.21. The molecule has 0 amide bonds. The van der Waals surface area contributed by atoms with Crippen molar-refractivity contribution >= 4 is 11.0 Å². The summed E-state index contributed by atoms with van der Waals surface area (Å²) in [4.78, 5) is 4.79. The lowest BCUT2D eigenvalue weighted by Gasteiger charge is -2.07. The molecule has 0 saturated heterocycles. The largest absolute Gasteiger partial charge is 0.497 e. The number of benzene rings is 2. The standard InChI is InChI=1S/C17H19N3O/c1-3-20-16-8-7-12(11-18)9-15(16)19-17(20)13-5-4-6-14(10-13)21-2/h4-10H,3,11,18H2,1-2H3. The van der Waals surface area contributed by atoms with Crippen LogP contribution in [0.25, 0.3) is 22.4 Å². The Labute approximate surface area is 124 Å². The molecule has 2 N–H and O–H groups in total. The summed E-state index contributed by atoms with van der Waals surface area (Å²) in [5, 5.41) is 0. The summed E-state index contributed by atoms with van der Waals surface area (Å²) >= 11 is 0. The fourth-order valence-electron chi connectivity index (χ4n) is 2.60. The third-order valence-electron chi connectivity index (χ3n) is 3.69. The molecule has 0 radical (unpaired) electrons. The zero-order valence-electron chi connectivity index (χ0n) is 12.3. The Morgan fingerprint density at radius 3 is 2.76 bits per heavy atom. The van der Waals surface area contributed by atoms with Gasteiger partial charge in [0.25, 0.3) is 0 Å². The van der Waals surface area contributed by atoms with Crippen LogP contribution in [0, 0.1) is 0 Å². The van der Waals surface area contributed by atoms with Gasteiger partial charge in [0.05, 0.1) is 18.1 Å². The molecule has 4 nitrogen and oxygen atoms in total. The first kappa shape index (κ1) is 13.6. The molecule has 2 aromatic carbocycles. The molecule has 0 aliphatic heterocycles. The van der Waals surface area contributed by atoms with Crippen LogP contribution in [0.1, 0.15) is 12.5 Å². The third kappa shape index (κ3) is 2.38. The number of nitrogens with two attached hydrogens (primary N) is 1. The number of methoxy groups -OCH3 is 1. The van der Waals surface area contributed by atoms with Gasteiger partial charge >= 0.3 is 0 Å². The van der Waals surface area contributed by atoms with E-state index in [2.05, 4.69) is 35.8 Å². The number of nitrogens with zero attached hydrogens (tertiary/aromatic N) is 2. The van der Waals surface area contributed by atoms with E-state index < -0.39 is 0 Å². The molecule has 1 heterocycles. The number of ether oxygens (including phenoxy) is 1. The average Bonchev–Trinajstić information content (AvgIpc) is 2.92. The molecule has 0 unspecified atom stereocenters. The molecule has 3 rings (SSSR count). The predicted octanol–water partition coefficient (Wildman–Crippen LogP) is 3.19. The first-order chi connectivity index (χ1) is 10.3. The van der Waals surface area contributed by atoms with Gasteiger partial charge in [0.1, 0.15) is 11.6 Å². The first-order valence-electron chi connectivity index (χ1n) is 7.10. The molecule has 1 aromatic heterocycles. The maximum Gasteiger partial charge on any atom is 0.141 e. The molecular weight excluding hydrogens is 262 g/mol. The van der Waals surface area contributed by atoms with Crippen LogP contribution in [0.2, 0.25) is 0 Å². The van der Waals surface area contributed by atoms with Gasteiger partial charge in [-0.25, -0.2) is 4.98 Å². The number of rotatable bonds is 4. The highest BCUT2D eigenvalue weighted by molar-refractivity contribution is 5.81. The van der Waals surface area contributed by atoms with Gasteiger partial charge in [-0.2, -0.15) is 0 Å². The van der Waals surface area contributed by atoms with Crippen LogP contribution < -0.4 is 10.5 Å². The van der Waals surface area contributed by atoms with E-state index in [0.717, 1.165) is 40.3 Å². The van der Waals surface area contributed by atoms with Gasteiger partial charge in [-0.15, -0.1) is 0 Å². The molecule has 0 spiro atoms. The van der Waals surface area contributed by atoms with E-state index in [1.54, 1.807) is 7.11 Å². The number of hydrogen-bond acceptors (Lipinski definition) is 3. The van der Waals surface area contributed by atoms with E-state index in [-0.39, 0.29) is 0 Å². The number of aromatic nitrogens is 2. The summed E-state index contributed by atoms with van der Waals surface area (Å²) in [7, 11) is 1.68. The molecule has 21 heavy (non-hydrogen) atoms. The third-order valence-corrected chi connectivity index (χ3v) is 3.69. The van der Waals surface area contributed by atoms with Gasteiger partial charge in [0.15, 0.2) is 0 Å². The Bertz CT molecular complexity index is 777. The maximum absolute atomic E-state index is 5.72. The lowest BCUT2D eigenvalue weighted by molar-refractivity contribution is 0.415. The molecule has 0 bridgehead atoms. The van der Waals surface area contributed by atoms with Crippen molar-refractivity contribution in [3.63, 3.8) is 0 Å². The normalized spacial score (nSPS) is 11.0. The van der Waals surface area contributed by atoms with Crippen LogP contribution in [-0.4, -0.2) is 16.7 Å². The van der Waals surface area contributed by atoms with Gasteiger partial charge < -0.3 is 15.0 Å². The van der Waals surface area contributed by atoms with Gasteiger partial charge in [-0.3, -0.25) is 0 Å². The zero-order valence-corrected chi connectivity index (χ0v) is 12.3. The topological polar surface area (TPSA) is 53.1 Å². The first-order valence-corrected chi connectivity index (χ1v) is 7.10. The summed E-state index contributed by atoms with van der Waals surface area (Å²) in [5.41, 5.74) is 9.99. The van der Waals surface area contributed by atoms with E-state index in [1.807, 2.05) is 18.2 Å². The minimum absolute atomic E-state index is 0.531. The summed E-state index contributed by atoms with van der Waals surface area (Å²) < 4.78 is 7.52. The Morgan fingerprint density at radius 1 is 1.19 bits per heavy atom. The molecule has 0 saturated carbocycles. The van der Waals surface area contributed by atoms with Crippen molar-refractivity contribution < 1.29 is 4.74 Å². The zero-order chi connectivity index (χ0) is 14.8. The van der Waals surface area contributed by atoms with Crippen molar-refractivity contribution in [1.82, 2.24) is 9.55 Å². The van der Waals surface area contributed by atoms with Crippen LogP contribution >= 0.6 is 0 Å². The second kappa shape index (κ2) is 5.58. The summed E-state index contributed by atoms with van der Waals surface area (Å²) in [6.45, 7) is 3.52. The molecule has 0 fully saturated rings. The minimum Gasteiger partial charge on any atom is -0.497 e. The summed E-state index contributed by atoms with van der Waals surface area (Å²) in [6, 6.07) is 14.2. The van der Waals surface area contributed by atoms with E-state index in [0.29, 0.717) is 6.54 Å². The van der Waals surface area contributed by atoms with Crippen molar-refractivity contribution in [2.24, 2.45) is 5.73 Å². The SMILES string of the molecule is CCn1c(-c2cccc(OC)c2)nc2cc(CN)ccc21. The minimum atomic E-state index is 0.531. The molecule has 0 atom stereocenters. The molecule has 108 valence electrons. The van der Waals surface area contributed by atoms with E-state index in [1.165, 1.54) is 0 Å². The van der Waals surface area contributed by atoms with Crippen molar-refractivity contribution in [1.29, 1.82) is 0 Å². The molecule has 3 aromatic rings. The van der Waals surface area contributed by atoms with Gasteiger partial charge in [0, 0.05) is 18.7 Å². The highest BCUT2D eigenvalue weighted by Crippen LogP contribution is 2.27. The number of imidazole rings is 1. The number of aryl methyl sites for hydroxylation is 1. The molecule has 4 heteroatoms. The average molecular weight is 281 g/mol. The van der Waals surface area contributed by atoms with Crippen molar-refractivity contribution in [3.8, 4) is 17.1 Å². The van der Waals surface area contributed by atoms with Crippen LogP contribution in [0.4, 0.5) is 0 Å². The smallest absolute Gasteiger partial charge is 0.141 e. The number of hydrogen-bond donors (Lipinski definition) is 1. The summed E-state index contributed by atoms with van der Waals surface area (Å²) in [5.74, 6) is 1.80. The van der Waals surface area contributed by atoms with Crippen molar-refractivity contribution in [2.75, 3.05) is 7.11 Å². The van der Waals surface area contributed by atoms with Crippen molar-refractivity contribution in [2.45, 2.75) is 20.0 Å². The highest BCUT2D eigenvalue weighted by Gasteiger charge is 2.12. The number of fused-ring (bicyclic) bond motifs is 1. The molecule has 0 aliphatic carbocycles.